The molecule has 1 amide bonds. The molecule has 3 rings (SSSR count). The molecule has 0 radical (unpaired) electrons. The van der Waals surface area contributed by atoms with Crippen LogP contribution in [0.2, 0.25) is 13.7 Å². The van der Waals surface area contributed by atoms with Crippen molar-refractivity contribution in [2.45, 2.75) is 4.90 Å². The molecule has 124 valence electrons. The van der Waals surface area contributed by atoms with Gasteiger partial charge in [0.1, 0.15) is 4.34 Å². The number of thiophene rings is 1. The SMILES string of the molecule is O=C(CSc1ccc(Cl)cc1)Nc1nc(-c2cc(Cl)sc2Cl)cs1. The Morgan fingerprint density at radius 3 is 2.62 bits per heavy atom. The molecule has 0 spiro atoms. The van der Waals surface area contributed by atoms with Crippen LogP contribution in [0.4, 0.5) is 5.13 Å². The molecule has 2 aromatic heterocycles. The third kappa shape index (κ3) is 4.65. The number of anilines is 1. The van der Waals surface area contributed by atoms with E-state index in [0.717, 1.165) is 10.5 Å². The zero-order valence-electron chi connectivity index (χ0n) is 11.9. The fourth-order valence-corrected chi connectivity index (χ4v) is 4.84. The molecule has 1 aromatic carbocycles. The van der Waals surface area contributed by atoms with E-state index < -0.39 is 0 Å². The molecule has 0 atom stereocenters. The van der Waals surface area contributed by atoms with Crippen LogP contribution < -0.4 is 5.32 Å². The molecule has 0 fully saturated rings. The average molecular weight is 436 g/mol. The molecule has 24 heavy (non-hydrogen) atoms. The van der Waals surface area contributed by atoms with Crippen LogP contribution in [0, 0.1) is 0 Å². The Balaban J connectivity index is 1.59. The average Bonchev–Trinajstić information content (AvgIpc) is 3.12. The van der Waals surface area contributed by atoms with E-state index in [-0.39, 0.29) is 5.91 Å². The number of hydrogen-bond donors (Lipinski definition) is 1. The van der Waals surface area contributed by atoms with Gasteiger partial charge in [-0.15, -0.1) is 34.4 Å². The van der Waals surface area contributed by atoms with E-state index >= 15 is 0 Å². The minimum Gasteiger partial charge on any atom is -0.301 e. The number of carbonyl (C=O) groups excluding carboxylic acids is 1. The minimum atomic E-state index is -0.120. The van der Waals surface area contributed by atoms with Crippen LogP contribution in [0.1, 0.15) is 0 Å². The van der Waals surface area contributed by atoms with E-state index in [2.05, 4.69) is 10.3 Å². The number of hydrogen-bond acceptors (Lipinski definition) is 5. The summed E-state index contributed by atoms with van der Waals surface area (Å²) in [4.78, 5) is 17.4. The summed E-state index contributed by atoms with van der Waals surface area (Å²) >= 11 is 22.0. The Bertz CT molecular complexity index is 861. The van der Waals surface area contributed by atoms with Gasteiger partial charge in [-0.1, -0.05) is 34.8 Å². The van der Waals surface area contributed by atoms with Crippen LogP contribution >= 0.6 is 69.2 Å². The zero-order chi connectivity index (χ0) is 17.1. The maximum atomic E-state index is 12.0. The van der Waals surface area contributed by atoms with Crippen molar-refractivity contribution in [1.29, 1.82) is 0 Å². The van der Waals surface area contributed by atoms with Gasteiger partial charge in [0.05, 0.1) is 15.8 Å². The number of nitrogens with zero attached hydrogens (tertiary/aromatic N) is 1. The smallest absolute Gasteiger partial charge is 0.236 e. The molecule has 3 nitrogen and oxygen atoms in total. The van der Waals surface area contributed by atoms with Gasteiger partial charge in [0.2, 0.25) is 5.91 Å². The molecule has 0 saturated carbocycles. The molecule has 3 aromatic rings. The lowest BCUT2D eigenvalue weighted by molar-refractivity contribution is -0.113. The number of thioether (sulfide) groups is 1. The van der Waals surface area contributed by atoms with E-state index in [4.69, 9.17) is 34.8 Å². The molecule has 0 aliphatic heterocycles. The Hall–Kier alpha value is -0.760. The summed E-state index contributed by atoms with van der Waals surface area (Å²) in [7, 11) is 0. The Morgan fingerprint density at radius 2 is 1.96 bits per heavy atom. The lowest BCUT2D eigenvalue weighted by Crippen LogP contribution is -2.13. The number of halogens is 3. The van der Waals surface area contributed by atoms with E-state index in [1.165, 1.54) is 34.4 Å². The van der Waals surface area contributed by atoms with Crippen LogP contribution in [0.15, 0.2) is 40.6 Å². The van der Waals surface area contributed by atoms with Crippen molar-refractivity contribution >= 4 is 80.3 Å². The van der Waals surface area contributed by atoms with Crippen molar-refractivity contribution in [3.8, 4) is 11.3 Å². The lowest BCUT2D eigenvalue weighted by atomic mass is 10.3. The summed E-state index contributed by atoms with van der Waals surface area (Å²) in [6, 6.07) is 9.12. The number of thiazole rings is 1. The fraction of sp³-hybridized carbons (Fsp3) is 0.0667. The molecule has 1 N–H and O–H groups in total. The van der Waals surface area contributed by atoms with Gasteiger partial charge >= 0.3 is 0 Å². The van der Waals surface area contributed by atoms with E-state index in [1.54, 1.807) is 18.2 Å². The van der Waals surface area contributed by atoms with Gasteiger partial charge in [-0.05, 0) is 30.3 Å². The number of amides is 1. The van der Waals surface area contributed by atoms with Crippen molar-refractivity contribution in [2.24, 2.45) is 0 Å². The predicted molar refractivity (Wildman–Crippen MR) is 106 cm³/mol. The first kappa shape index (κ1) is 18.0. The van der Waals surface area contributed by atoms with Crippen LogP contribution in [-0.4, -0.2) is 16.6 Å². The lowest BCUT2D eigenvalue weighted by Gasteiger charge is -2.02. The number of nitrogens with one attached hydrogen (secondary N) is 1. The molecular weight excluding hydrogens is 427 g/mol. The van der Waals surface area contributed by atoms with Crippen molar-refractivity contribution in [1.82, 2.24) is 4.98 Å². The molecule has 0 aliphatic carbocycles. The zero-order valence-corrected chi connectivity index (χ0v) is 16.6. The maximum Gasteiger partial charge on any atom is 0.236 e. The highest BCUT2D eigenvalue weighted by Crippen LogP contribution is 2.39. The van der Waals surface area contributed by atoms with Crippen molar-refractivity contribution in [3.63, 3.8) is 0 Å². The molecule has 0 aliphatic rings. The number of carbonyl (C=O) groups is 1. The highest BCUT2D eigenvalue weighted by atomic mass is 35.5. The number of rotatable bonds is 5. The second-order valence-electron chi connectivity index (χ2n) is 4.57. The molecule has 2 heterocycles. The van der Waals surface area contributed by atoms with Crippen LogP contribution in [0.3, 0.4) is 0 Å². The van der Waals surface area contributed by atoms with E-state index in [1.807, 2.05) is 17.5 Å². The number of aromatic nitrogens is 1. The first-order valence-corrected chi connectivity index (χ1v) is 10.4. The monoisotopic (exact) mass is 434 g/mol. The molecule has 0 unspecified atom stereocenters. The van der Waals surface area contributed by atoms with Gasteiger partial charge in [-0.3, -0.25) is 4.79 Å². The third-order valence-electron chi connectivity index (χ3n) is 2.87. The predicted octanol–water partition coefficient (Wildman–Crippen LogP) is 6.56. The normalized spacial score (nSPS) is 10.8. The summed E-state index contributed by atoms with van der Waals surface area (Å²) < 4.78 is 1.19. The summed E-state index contributed by atoms with van der Waals surface area (Å²) in [5.74, 6) is 0.173. The van der Waals surface area contributed by atoms with Gasteiger partial charge in [0.25, 0.3) is 0 Å². The highest BCUT2D eigenvalue weighted by Gasteiger charge is 2.13. The quantitative estimate of drug-likeness (QED) is 0.461. The second-order valence-corrected chi connectivity index (χ2v) is 9.20. The topological polar surface area (TPSA) is 42.0 Å². The second kappa shape index (κ2) is 8.08. The molecule has 0 bridgehead atoms. The first-order valence-electron chi connectivity index (χ1n) is 6.60. The van der Waals surface area contributed by atoms with Gasteiger partial charge in [-0.25, -0.2) is 4.98 Å². The molecule has 0 saturated heterocycles. The van der Waals surface area contributed by atoms with Gasteiger partial charge in [0.15, 0.2) is 5.13 Å². The van der Waals surface area contributed by atoms with Gasteiger partial charge in [0, 0.05) is 20.9 Å². The van der Waals surface area contributed by atoms with Crippen molar-refractivity contribution in [3.05, 3.63) is 49.4 Å². The van der Waals surface area contributed by atoms with Gasteiger partial charge < -0.3 is 5.32 Å². The van der Waals surface area contributed by atoms with Crippen LogP contribution in [-0.2, 0) is 4.79 Å². The maximum absolute atomic E-state index is 12.0. The minimum absolute atomic E-state index is 0.120. The Morgan fingerprint density at radius 1 is 1.21 bits per heavy atom. The number of benzene rings is 1. The summed E-state index contributed by atoms with van der Waals surface area (Å²) in [6.07, 6.45) is 0. The fourth-order valence-electron chi connectivity index (χ4n) is 1.80. The summed E-state index contributed by atoms with van der Waals surface area (Å²) in [6.45, 7) is 0. The summed E-state index contributed by atoms with van der Waals surface area (Å²) in [5.41, 5.74) is 1.48. The summed E-state index contributed by atoms with van der Waals surface area (Å²) in [5, 5.41) is 5.83. The highest BCUT2D eigenvalue weighted by molar-refractivity contribution is 8.00. The van der Waals surface area contributed by atoms with Crippen molar-refractivity contribution < 1.29 is 4.79 Å². The first-order chi connectivity index (χ1) is 11.5. The Kier molecular flexibility index (Phi) is 6.07. The van der Waals surface area contributed by atoms with Crippen molar-refractivity contribution in [2.75, 3.05) is 11.1 Å². The largest absolute Gasteiger partial charge is 0.301 e. The molecule has 9 heteroatoms. The van der Waals surface area contributed by atoms with E-state index in [9.17, 15) is 4.79 Å². The standard InChI is InChI=1S/C15H9Cl3N2OS3/c16-8-1-3-9(4-2-8)22-7-13(21)20-15-19-11(6-23-15)10-5-12(17)24-14(10)18/h1-6H,7H2,(H,19,20,21). The van der Waals surface area contributed by atoms with Crippen LogP contribution in [0.5, 0.6) is 0 Å². The van der Waals surface area contributed by atoms with Gasteiger partial charge in [-0.2, -0.15) is 0 Å². The van der Waals surface area contributed by atoms with Crippen LogP contribution in [0.25, 0.3) is 11.3 Å². The third-order valence-corrected chi connectivity index (χ3v) is 6.38. The van der Waals surface area contributed by atoms with E-state index in [0.29, 0.717) is 30.3 Å². The molecular formula is C15H9Cl3N2OS3. The Labute approximate surface area is 166 Å².